The number of aryl methyl sites for hydroxylation is 2. The number of aromatic nitrogens is 3. The number of ketones is 1. The maximum Gasteiger partial charge on any atom is 0.334 e. The van der Waals surface area contributed by atoms with E-state index in [-0.39, 0.29) is 12.0 Å². The average Bonchev–Trinajstić information content (AvgIpc) is 3.20. The lowest BCUT2D eigenvalue weighted by Crippen LogP contribution is -2.48. The van der Waals surface area contributed by atoms with Crippen LogP contribution in [0.1, 0.15) is 21.7 Å². The molecule has 0 unspecified atom stereocenters. The minimum absolute atomic E-state index is 0.205. The average molecular weight is 379 g/mol. The zero-order chi connectivity index (χ0) is 19.9. The Labute approximate surface area is 159 Å². The molecule has 0 bridgehead atoms. The van der Waals surface area contributed by atoms with Gasteiger partial charge in [-0.25, -0.2) is 14.6 Å². The molecule has 1 aliphatic heterocycles. The summed E-state index contributed by atoms with van der Waals surface area (Å²) in [5.74, 6) is -4.46. The van der Waals surface area contributed by atoms with Crippen LogP contribution in [-0.4, -0.2) is 38.0 Å². The Balaban J connectivity index is 1.87. The first kappa shape index (κ1) is 17.7. The summed E-state index contributed by atoms with van der Waals surface area (Å²) in [5.41, 5.74) is 2.24. The number of H-pyrrole nitrogens is 1. The number of ether oxygens (including phenoxy) is 2. The van der Waals surface area contributed by atoms with E-state index in [1.54, 1.807) is 25.1 Å². The Morgan fingerprint density at radius 1 is 1.18 bits per heavy atom. The molecule has 0 saturated heterocycles. The molecule has 1 aliphatic rings. The molecule has 0 aliphatic carbocycles. The number of hydrogen-bond acceptors (Lipinski definition) is 6. The number of rotatable bonds is 4. The van der Waals surface area contributed by atoms with Crippen molar-refractivity contribution in [3.05, 3.63) is 65.9 Å². The molecule has 1 N–H and O–H groups in total. The van der Waals surface area contributed by atoms with Crippen molar-refractivity contribution in [3.63, 3.8) is 0 Å². The highest BCUT2D eigenvalue weighted by Crippen LogP contribution is 2.31. The van der Waals surface area contributed by atoms with Gasteiger partial charge >= 0.3 is 17.7 Å². The largest absolute Gasteiger partial charge is 0.411 e. The van der Waals surface area contributed by atoms with E-state index in [2.05, 4.69) is 9.97 Å². The third-order valence-electron chi connectivity index (χ3n) is 4.74. The summed E-state index contributed by atoms with van der Waals surface area (Å²) in [6.07, 6.45) is 4.96. The number of esters is 2. The van der Waals surface area contributed by atoms with Crippen molar-refractivity contribution in [2.45, 2.75) is 19.1 Å². The fourth-order valence-electron chi connectivity index (χ4n) is 3.29. The molecule has 0 saturated carbocycles. The molecule has 0 radical (unpaired) electrons. The van der Waals surface area contributed by atoms with E-state index in [1.165, 1.54) is 6.33 Å². The molecule has 8 heteroatoms. The maximum absolute atomic E-state index is 13.6. The lowest BCUT2D eigenvalue weighted by atomic mass is 9.95. The molecule has 8 nitrogen and oxygen atoms in total. The molecule has 3 heterocycles. The highest BCUT2D eigenvalue weighted by atomic mass is 16.7. The third-order valence-corrected chi connectivity index (χ3v) is 4.74. The first-order valence-electron chi connectivity index (χ1n) is 8.61. The highest BCUT2D eigenvalue weighted by molar-refractivity contribution is 6.13. The van der Waals surface area contributed by atoms with Crippen molar-refractivity contribution in [3.8, 4) is 0 Å². The van der Waals surface area contributed by atoms with E-state index in [0.717, 1.165) is 17.7 Å². The smallest absolute Gasteiger partial charge is 0.334 e. The van der Waals surface area contributed by atoms with Crippen molar-refractivity contribution >= 4 is 28.6 Å². The van der Waals surface area contributed by atoms with Gasteiger partial charge in [0.1, 0.15) is 0 Å². The molecule has 0 fully saturated rings. The van der Waals surface area contributed by atoms with Crippen LogP contribution >= 0.6 is 0 Å². The van der Waals surface area contributed by atoms with Gasteiger partial charge in [-0.15, -0.1) is 0 Å². The number of carbonyl (C=O) groups excluding carboxylic acids is 3. The zero-order valence-corrected chi connectivity index (χ0v) is 15.3. The van der Waals surface area contributed by atoms with Crippen LogP contribution in [0.2, 0.25) is 0 Å². The van der Waals surface area contributed by atoms with Gasteiger partial charge < -0.3 is 19.0 Å². The fourth-order valence-corrected chi connectivity index (χ4v) is 3.29. The number of Topliss-reactive ketones (excluding diaryl/α,β-unsaturated/α-hetero) is 1. The number of nitrogens with one attached hydrogen (secondary N) is 1. The van der Waals surface area contributed by atoms with Gasteiger partial charge in [0.2, 0.25) is 5.78 Å². The number of carbonyl (C=O) groups is 3. The van der Waals surface area contributed by atoms with Crippen LogP contribution in [0.25, 0.3) is 10.9 Å². The van der Waals surface area contributed by atoms with Gasteiger partial charge in [-0.3, -0.25) is 4.79 Å². The molecule has 0 spiro atoms. The lowest BCUT2D eigenvalue weighted by Gasteiger charge is -2.29. The van der Waals surface area contributed by atoms with E-state index in [4.69, 9.17) is 9.47 Å². The number of hydrogen-bond donors (Lipinski definition) is 1. The van der Waals surface area contributed by atoms with Gasteiger partial charge in [-0.1, -0.05) is 12.1 Å². The summed E-state index contributed by atoms with van der Waals surface area (Å²) < 4.78 is 12.6. The Morgan fingerprint density at radius 2 is 1.89 bits per heavy atom. The number of benzene rings is 1. The highest BCUT2D eigenvalue weighted by Gasteiger charge is 2.49. The van der Waals surface area contributed by atoms with Crippen LogP contribution in [0.3, 0.4) is 0 Å². The molecule has 2 aromatic heterocycles. The van der Waals surface area contributed by atoms with Gasteiger partial charge in [0.25, 0.3) is 0 Å². The SMILES string of the molecule is Cc1[nH]cnc1CC1(C(=O)c2cccc3c2ccn3C)OC(=O)C=CC(=O)O1. The summed E-state index contributed by atoms with van der Waals surface area (Å²) in [4.78, 5) is 44.9. The number of imidazole rings is 1. The second kappa shape index (κ2) is 6.49. The Hall–Kier alpha value is -3.68. The van der Waals surface area contributed by atoms with Crippen LogP contribution < -0.4 is 0 Å². The first-order valence-corrected chi connectivity index (χ1v) is 8.61. The van der Waals surface area contributed by atoms with E-state index in [0.29, 0.717) is 16.8 Å². The monoisotopic (exact) mass is 379 g/mol. The molecular formula is C20H17N3O5. The predicted octanol–water partition coefficient (Wildman–Crippen LogP) is 1.99. The summed E-state index contributed by atoms with van der Waals surface area (Å²) in [7, 11) is 1.86. The summed E-state index contributed by atoms with van der Waals surface area (Å²) >= 11 is 0. The Bertz CT molecular complexity index is 1120. The molecule has 28 heavy (non-hydrogen) atoms. The summed E-state index contributed by atoms with van der Waals surface area (Å²) in [5, 5.41) is 0.664. The number of cyclic esters (lactones) is 2. The quantitative estimate of drug-likeness (QED) is 0.549. The van der Waals surface area contributed by atoms with Crippen molar-refractivity contribution in [2.24, 2.45) is 7.05 Å². The maximum atomic E-state index is 13.6. The second-order valence-electron chi connectivity index (χ2n) is 6.57. The Morgan fingerprint density at radius 3 is 2.54 bits per heavy atom. The minimum Gasteiger partial charge on any atom is -0.411 e. The van der Waals surface area contributed by atoms with Crippen LogP contribution in [0.15, 0.2) is 48.9 Å². The molecule has 1 aromatic carbocycles. The number of fused-ring (bicyclic) bond motifs is 1. The standard InChI is InChI=1S/C20H17N3O5/c1-12-15(22-11-21-12)10-20(27-17(24)6-7-18(25)28-20)19(26)14-4-3-5-16-13(14)8-9-23(16)2/h3-9,11H,10H2,1-2H3,(H,21,22). The van der Waals surface area contributed by atoms with Crippen molar-refractivity contribution in [1.82, 2.24) is 14.5 Å². The van der Waals surface area contributed by atoms with E-state index in [9.17, 15) is 14.4 Å². The number of nitrogens with zero attached hydrogens (tertiary/aromatic N) is 2. The first-order chi connectivity index (χ1) is 13.4. The minimum atomic E-state index is -2.15. The predicted molar refractivity (Wildman–Crippen MR) is 98.3 cm³/mol. The normalized spacial score (nSPS) is 15.9. The van der Waals surface area contributed by atoms with Crippen molar-refractivity contribution in [1.29, 1.82) is 0 Å². The van der Waals surface area contributed by atoms with Crippen LogP contribution in [0.4, 0.5) is 0 Å². The van der Waals surface area contributed by atoms with Crippen molar-refractivity contribution < 1.29 is 23.9 Å². The summed E-state index contributed by atoms with van der Waals surface area (Å²) in [6.45, 7) is 1.76. The fraction of sp³-hybridized carbons (Fsp3) is 0.200. The topological polar surface area (TPSA) is 103 Å². The molecule has 142 valence electrons. The number of aromatic amines is 1. The second-order valence-corrected chi connectivity index (χ2v) is 6.57. The van der Waals surface area contributed by atoms with Crippen LogP contribution in [-0.2, 0) is 32.5 Å². The Kier molecular flexibility index (Phi) is 4.11. The van der Waals surface area contributed by atoms with E-state index >= 15 is 0 Å². The zero-order valence-electron chi connectivity index (χ0n) is 15.3. The van der Waals surface area contributed by atoms with Gasteiger partial charge in [0.05, 0.1) is 18.4 Å². The van der Waals surface area contributed by atoms with Crippen LogP contribution in [0.5, 0.6) is 0 Å². The molecular weight excluding hydrogens is 362 g/mol. The molecule has 0 atom stereocenters. The van der Waals surface area contributed by atoms with Gasteiger partial charge in [0.15, 0.2) is 0 Å². The van der Waals surface area contributed by atoms with Gasteiger partial charge in [-0.05, 0) is 19.1 Å². The van der Waals surface area contributed by atoms with Gasteiger partial charge in [-0.2, -0.15) is 0 Å². The molecule has 0 amide bonds. The van der Waals surface area contributed by atoms with E-state index in [1.807, 2.05) is 23.9 Å². The third kappa shape index (κ3) is 2.88. The lowest BCUT2D eigenvalue weighted by molar-refractivity contribution is -0.201. The van der Waals surface area contributed by atoms with Gasteiger partial charge in [0, 0.05) is 47.6 Å². The van der Waals surface area contributed by atoms with E-state index < -0.39 is 23.5 Å². The summed E-state index contributed by atoms with van der Waals surface area (Å²) in [6, 6.07) is 6.99. The molecule has 4 rings (SSSR count). The molecule has 3 aromatic rings. The van der Waals surface area contributed by atoms with Crippen LogP contribution in [0, 0.1) is 6.92 Å². The van der Waals surface area contributed by atoms with Crippen molar-refractivity contribution in [2.75, 3.05) is 0 Å².